The van der Waals surface area contributed by atoms with Gasteiger partial charge >= 0.3 is 0 Å². The first-order chi connectivity index (χ1) is 16.5. The Hall–Kier alpha value is -4.59. The summed E-state index contributed by atoms with van der Waals surface area (Å²) in [6, 6.07) is 21.0. The molecule has 0 spiro atoms. The molecule has 1 aliphatic rings. The number of nitrogens with one attached hydrogen (secondary N) is 1. The smallest absolute Gasteiger partial charge is 0.297 e. The van der Waals surface area contributed by atoms with Crippen LogP contribution in [0.25, 0.3) is 6.08 Å². The third kappa shape index (κ3) is 4.61. The highest BCUT2D eigenvalue weighted by molar-refractivity contribution is 6.20. The normalized spacial score (nSPS) is 14.1. The topological polar surface area (TPSA) is 89.5 Å². The highest BCUT2D eigenvalue weighted by Gasteiger charge is 2.33. The standard InChI is InChI=1S/C26H23N3O5/c1-32-20-12-10-19(11-13-20)25(30)28-29-24(18-7-5-4-6-8-18)27-21(26(29)31)15-17-9-14-22(33-2)23(16-17)34-3/h4-16H,1-3H3,(H,28,30)/b21-15+. The Morgan fingerprint density at radius 1 is 0.882 bits per heavy atom. The summed E-state index contributed by atoms with van der Waals surface area (Å²) < 4.78 is 15.8. The number of hydrazine groups is 1. The van der Waals surface area contributed by atoms with E-state index in [4.69, 9.17) is 14.2 Å². The number of carbonyl (C=O) groups excluding carboxylic acids is 2. The summed E-state index contributed by atoms with van der Waals surface area (Å²) in [6.07, 6.45) is 1.63. The van der Waals surface area contributed by atoms with Crippen LogP contribution in [-0.4, -0.2) is 44.0 Å². The lowest BCUT2D eigenvalue weighted by molar-refractivity contribution is -0.124. The first kappa shape index (κ1) is 22.6. The van der Waals surface area contributed by atoms with Crippen LogP contribution >= 0.6 is 0 Å². The first-order valence-electron chi connectivity index (χ1n) is 10.4. The van der Waals surface area contributed by atoms with E-state index in [2.05, 4.69) is 10.4 Å². The molecule has 1 aliphatic heterocycles. The third-order valence-corrected chi connectivity index (χ3v) is 5.17. The second kappa shape index (κ2) is 9.91. The highest BCUT2D eigenvalue weighted by Crippen LogP contribution is 2.29. The number of aliphatic imine (C=N–C) groups is 1. The summed E-state index contributed by atoms with van der Waals surface area (Å²) in [5.41, 5.74) is 4.59. The molecule has 8 heteroatoms. The van der Waals surface area contributed by atoms with Gasteiger partial charge in [-0.2, -0.15) is 5.01 Å². The molecule has 4 rings (SSSR count). The molecule has 1 N–H and O–H groups in total. The third-order valence-electron chi connectivity index (χ3n) is 5.17. The van der Waals surface area contributed by atoms with Crippen LogP contribution in [0.4, 0.5) is 0 Å². The van der Waals surface area contributed by atoms with Crippen molar-refractivity contribution in [2.24, 2.45) is 4.99 Å². The Morgan fingerprint density at radius 2 is 1.59 bits per heavy atom. The first-order valence-corrected chi connectivity index (χ1v) is 10.4. The van der Waals surface area contributed by atoms with Gasteiger partial charge in [0.05, 0.1) is 21.3 Å². The van der Waals surface area contributed by atoms with E-state index in [0.717, 1.165) is 5.01 Å². The van der Waals surface area contributed by atoms with Gasteiger partial charge in [-0.15, -0.1) is 0 Å². The molecule has 1 heterocycles. The van der Waals surface area contributed by atoms with Crippen molar-refractivity contribution in [3.63, 3.8) is 0 Å². The summed E-state index contributed by atoms with van der Waals surface area (Å²) in [5.74, 6) is 1.13. The molecule has 0 fully saturated rings. The quantitative estimate of drug-likeness (QED) is 0.547. The molecule has 34 heavy (non-hydrogen) atoms. The van der Waals surface area contributed by atoms with Gasteiger partial charge in [0.15, 0.2) is 17.3 Å². The molecule has 0 unspecified atom stereocenters. The summed E-state index contributed by atoms with van der Waals surface area (Å²) in [7, 11) is 4.64. The molecule has 0 saturated heterocycles. The van der Waals surface area contributed by atoms with E-state index in [1.807, 2.05) is 30.3 Å². The van der Waals surface area contributed by atoms with Gasteiger partial charge in [0, 0.05) is 11.1 Å². The van der Waals surface area contributed by atoms with Crippen LogP contribution < -0.4 is 19.6 Å². The summed E-state index contributed by atoms with van der Waals surface area (Å²) >= 11 is 0. The fourth-order valence-electron chi connectivity index (χ4n) is 3.41. The molecule has 172 valence electrons. The molecule has 0 aliphatic carbocycles. The lowest BCUT2D eigenvalue weighted by Gasteiger charge is -2.19. The maximum Gasteiger partial charge on any atom is 0.297 e. The second-order valence-electron chi connectivity index (χ2n) is 7.26. The van der Waals surface area contributed by atoms with Crippen LogP contribution in [0.5, 0.6) is 17.2 Å². The van der Waals surface area contributed by atoms with E-state index in [0.29, 0.717) is 39.8 Å². The van der Waals surface area contributed by atoms with Crippen molar-refractivity contribution < 1.29 is 23.8 Å². The Bertz CT molecular complexity index is 1270. The zero-order chi connectivity index (χ0) is 24.1. The van der Waals surface area contributed by atoms with E-state index in [1.54, 1.807) is 62.8 Å². The predicted molar refractivity (Wildman–Crippen MR) is 128 cm³/mol. The summed E-state index contributed by atoms with van der Waals surface area (Å²) in [4.78, 5) is 30.7. The van der Waals surface area contributed by atoms with E-state index >= 15 is 0 Å². The average molecular weight is 457 g/mol. The largest absolute Gasteiger partial charge is 0.497 e. The summed E-state index contributed by atoms with van der Waals surface area (Å²) in [6.45, 7) is 0. The molecule has 0 radical (unpaired) electrons. The van der Waals surface area contributed by atoms with E-state index in [-0.39, 0.29) is 5.70 Å². The number of hydrogen-bond donors (Lipinski definition) is 1. The number of hydrogen-bond acceptors (Lipinski definition) is 6. The van der Waals surface area contributed by atoms with Gasteiger partial charge in [0.2, 0.25) is 0 Å². The monoisotopic (exact) mass is 457 g/mol. The Morgan fingerprint density at radius 3 is 2.24 bits per heavy atom. The molecule has 3 aromatic carbocycles. The van der Waals surface area contributed by atoms with Crippen molar-refractivity contribution in [3.8, 4) is 17.2 Å². The van der Waals surface area contributed by atoms with Crippen LogP contribution in [0.1, 0.15) is 21.5 Å². The van der Waals surface area contributed by atoms with Crippen LogP contribution in [-0.2, 0) is 4.79 Å². The maximum absolute atomic E-state index is 13.3. The number of ether oxygens (including phenoxy) is 3. The number of nitrogens with zero attached hydrogens (tertiary/aromatic N) is 2. The van der Waals surface area contributed by atoms with Gasteiger partial charge in [-0.3, -0.25) is 15.0 Å². The van der Waals surface area contributed by atoms with Gasteiger partial charge in [-0.05, 0) is 48.0 Å². The Kier molecular flexibility index (Phi) is 6.59. The van der Waals surface area contributed by atoms with Crippen molar-refractivity contribution in [3.05, 3.63) is 95.2 Å². The highest BCUT2D eigenvalue weighted by atomic mass is 16.5. The van der Waals surface area contributed by atoms with Crippen LogP contribution in [0.3, 0.4) is 0 Å². The molecule has 0 bridgehead atoms. The lowest BCUT2D eigenvalue weighted by Crippen LogP contribution is -2.47. The van der Waals surface area contributed by atoms with Crippen LogP contribution in [0.2, 0.25) is 0 Å². The van der Waals surface area contributed by atoms with Gasteiger partial charge in [-0.1, -0.05) is 36.4 Å². The van der Waals surface area contributed by atoms with Crippen molar-refractivity contribution in [2.45, 2.75) is 0 Å². The van der Waals surface area contributed by atoms with Gasteiger partial charge < -0.3 is 14.2 Å². The van der Waals surface area contributed by atoms with Crippen molar-refractivity contribution in [1.82, 2.24) is 10.4 Å². The second-order valence-corrected chi connectivity index (χ2v) is 7.26. The number of carbonyl (C=O) groups is 2. The Labute approximate surface area is 197 Å². The number of rotatable bonds is 7. The zero-order valence-electron chi connectivity index (χ0n) is 18.9. The van der Waals surface area contributed by atoms with E-state index in [9.17, 15) is 9.59 Å². The minimum absolute atomic E-state index is 0.168. The number of amides is 2. The maximum atomic E-state index is 13.3. The van der Waals surface area contributed by atoms with Gasteiger partial charge in [0.1, 0.15) is 11.4 Å². The molecule has 8 nitrogen and oxygen atoms in total. The van der Waals surface area contributed by atoms with Crippen molar-refractivity contribution in [2.75, 3.05) is 21.3 Å². The lowest BCUT2D eigenvalue weighted by atomic mass is 10.1. The SMILES string of the molecule is COc1ccc(C(=O)NN2C(=O)/C(=C\c3ccc(OC)c(OC)c3)N=C2c2ccccc2)cc1. The van der Waals surface area contributed by atoms with Crippen molar-refractivity contribution in [1.29, 1.82) is 0 Å². The fraction of sp³-hybridized carbons (Fsp3) is 0.115. The number of amidine groups is 1. The Balaban J connectivity index is 1.67. The number of methoxy groups -OCH3 is 3. The van der Waals surface area contributed by atoms with Crippen LogP contribution in [0.15, 0.2) is 83.5 Å². The van der Waals surface area contributed by atoms with Crippen LogP contribution in [0, 0.1) is 0 Å². The molecule has 0 atom stereocenters. The molecule has 2 amide bonds. The minimum atomic E-state index is -0.463. The van der Waals surface area contributed by atoms with E-state index < -0.39 is 11.8 Å². The molecule has 3 aromatic rings. The minimum Gasteiger partial charge on any atom is -0.497 e. The van der Waals surface area contributed by atoms with Gasteiger partial charge in [0.25, 0.3) is 11.8 Å². The zero-order valence-corrected chi connectivity index (χ0v) is 18.9. The molecular formula is C26H23N3O5. The summed E-state index contributed by atoms with van der Waals surface area (Å²) in [5, 5.41) is 1.16. The predicted octanol–water partition coefficient (Wildman–Crippen LogP) is 3.69. The average Bonchev–Trinajstić information content (AvgIpc) is 3.19. The molecule has 0 saturated carbocycles. The molecule has 0 aromatic heterocycles. The van der Waals surface area contributed by atoms with Crippen molar-refractivity contribution >= 4 is 23.7 Å². The van der Waals surface area contributed by atoms with Gasteiger partial charge in [-0.25, -0.2) is 4.99 Å². The number of benzene rings is 3. The molecular weight excluding hydrogens is 434 g/mol. The van der Waals surface area contributed by atoms with E-state index in [1.165, 1.54) is 7.11 Å². The fourth-order valence-corrected chi connectivity index (χ4v) is 3.41.